The van der Waals surface area contributed by atoms with Crippen LogP contribution in [0.15, 0.2) is 10.7 Å². The van der Waals surface area contributed by atoms with Crippen LogP contribution in [0.1, 0.15) is 12.1 Å². The number of carboxylic acids is 1. The van der Waals surface area contributed by atoms with Crippen molar-refractivity contribution >= 4 is 18.0 Å². The van der Waals surface area contributed by atoms with Crippen molar-refractivity contribution in [1.29, 1.82) is 0 Å². The fourth-order valence-corrected chi connectivity index (χ4v) is 0.973. The highest BCUT2D eigenvalue weighted by Gasteiger charge is 2.18. The summed E-state index contributed by atoms with van der Waals surface area (Å²) in [5, 5.41) is 8.47. The Labute approximate surface area is 85.5 Å². The normalized spacial score (nSPS) is 9.93. The van der Waals surface area contributed by atoms with Gasteiger partial charge in [-0.15, -0.1) is 0 Å². The lowest BCUT2D eigenvalue weighted by Gasteiger charge is -2.13. The van der Waals surface area contributed by atoms with Crippen molar-refractivity contribution in [3.05, 3.63) is 12.0 Å². The number of carboxylic acid groups (broad SMARTS) is 1. The fourth-order valence-electron chi connectivity index (χ4n) is 0.973. The third kappa shape index (κ3) is 2.97. The van der Waals surface area contributed by atoms with Crippen LogP contribution < -0.4 is 10.6 Å². The number of rotatable bonds is 4. The molecule has 1 heterocycles. The molecule has 0 unspecified atom stereocenters. The van der Waals surface area contributed by atoms with E-state index in [1.165, 1.54) is 6.26 Å². The van der Waals surface area contributed by atoms with Crippen molar-refractivity contribution in [2.45, 2.75) is 13.3 Å². The third-order valence-corrected chi connectivity index (χ3v) is 1.65. The zero-order chi connectivity index (χ0) is 11.4. The van der Waals surface area contributed by atoms with Gasteiger partial charge in [-0.1, -0.05) is 0 Å². The minimum Gasteiger partial charge on any atom is -0.481 e. The maximum absolute atomic E-state index is 11.0. The molecule has 2 amide bonds. The standard InChI is InChI=1S/C8H11N3O4/c1-5-4-15-8(10-5)11(7(9)14)3-2-6(12)13/h4H,2-3H2,1H3,(H2,9,14)(H,12,13). The summed E-state index contributed by atoms with van der Waals surface area (Å²) in [6.07, 6.45) is 1.14. The van der Waals surface area contributed by atoms with E-state index < -0.39 is 12.0 Å². The van der Waals surface area contributed by atoms with Crippen molar-refractivity contribution in [2.75, 3.05) is 11.4 Å². The minimum atomic E-state index is -1.02. The average Bonchev–Trinajstić information content (AvgIpc) is 2.51. The van der Waals surface area contributed by atoms with E-state index in [0.29, 0.717) is 5.69 Å². The SMILES string of the molecule is Cc1coc(N(CCC(=O)O)C(N)=O)n1. The van der Waals surface area contributed by atoms with Gasteiger partial charge in [0.05, 0.1) is 12.1 Å². The molecule has 0 aromatic carbocycles. The average molecular weight is 213 g/mol. The van der Waals surface area contributed by atoms with Gasteiger partial charge in [0.25, 0.3) is 0 Å². The Morgan fingerprint density at radius 2 is 2.33 bits per heavy atom. The number of anilines is 1. The first-order valence-corrected chi connectivity index (χ1v) is 4.21. The van der Waals surface area contributed by atoms with Gasteiger partial charge in [-0.2, -0.15) is 4.98 Å². The number of primary amides is 1. The second-order valence-corrected chi connectivity index (χ2v) is 2.91. The molecule has 7 nitrogen and oxygen atoms in total. The molecule has 0 fully saturated rings. The molecule has 0 atom stereocenters. The molecule has 1 aromatic rings. The number of hydrogen-bond donors (Lipinski definition) is 2. The molecule has 7 heteroatoms. The molecule has 3 N–H and O–H groups in total. The predicted octanol–water partition coefficient (Wildman–Crippen LogP) is 0.343. The Hall–Kier alpha value is -2.05. The second kappa shape index (κ2) is 4.45. The molecule has 0 saturated carbocycles. The number of hydrogen-bond acceptors (Lipinski definition) is 4. The maximum atomic E-state index is 11.0. The van der Waals surface area contributed by atoms with Crippen LogP contribution in [0, 0.1) is 6.92 Å². The topological polar surface area (TPSA) is 110 Å². The number of carbonyl (C=O) groups excluding carboxylic acids is 1. The van der Waals surface area contributed by atoms with Crippen LogP contribution in [0.3, 0.4) is 0 Å². The van der Waals surface area contributed by atoms with Gasteiger partial charge in [0.2, 0.25) is 0 Å². The van der Waals surface area contributed by atoms with E-state index in [4.69, 9.17) is 15.3 Å². The van der Waals surface area contributed by atoms with Gasteiger partial charge >= 0.3 is 18.0 Å². The van der Waals surface area contributed by atoms with Crippen LogP contribution in [-0.2, 0) is 4.79 Å². The zero-order valence-corrected chi connectivity index (χ0v) is 8.14. The first-order chi connectivity index (χ1) is 7.00. The second-order valence-electron chi connectivity index (χ2n) is 2.91. The van der Waals surface area contributed by atoms with Crippen molar-refractivity contribution in [3.8, 4) is 0 Å². The van der Waals surface area contributed by atoms with Crippen molar-refractivity contribution in [1.82, 2.24) is 4.98 Å². The Balaban J connectivity index is 2.74. The number of aromatic nitrogens is 1. The van der Waals surface area contributed by atoms with E-state index in [1.807, 2.05) is 0 Å². The lowest BCUT2D eigenvalue weighted by Crippen LogP contribution is -2.37. The number of oxazole rings is 1. The molecule has 0 radical (unpaired) electrons. The summed E-state index contributed by atoms with van der Waals surface area (Å²) in [6, 6.07) is -0.778. The Morgan fingerprint density at radius 1 is 1.67 bits per heavy atom. The Kier molecular flexibility index (Phi) is 3.27. The van der Waals surface area contributed by atoms with Crippen molar-refractivity contribution < 1.29 is 19.1 Å². The van der Waals surface area contributed by atoms with Crippen LogP contribution in [0.2, 0.25) is 0 Å². The molecular formula is C8H11N3O4. The fraction of sp³-hybridized carbons (Fsp3) is 0.375. The number of amides is 2. The summed E-state index contributed by atoms with van der Waals surface area (Å²) in [6.45, 7) is 1.62. The molecule has 82 valence electrons. The van der Waals surface area contributed by atoms with Gasteiger partial charge < -0.3 is 15.3 Å². The molecule has 15 heavy (non-hydrogen) atoms. The summed E-state index contributed by atoms with van der Waals surface area (Å²) in [5.41, 5.74) is 5.65. The summed E-state index contributed by atoms with van der Waals surface area (Å²) in [7, 11) is 0. The van der Waals surface area contributed by atoms with Crippen molar-refractivity contribution in [3.63, 3.8) is 0 Å². The van der Waals surface area contributed by atoms with Crippen LogP contribution in [-0.4, -0.2) is 28.6 Å². The maximum Gasteiger partial charge on any atom is 0.322 e. The highest BCUT2D eigenvalue weighted by atomic mass is 16.4. The predicted molar refractivity (Wildman–Crippen MR) is 50.4 cm³/mol. The molecule has 0 aliphatic carbocycles. The number of aliphatic carboxylic acids is 1. The van der Waals surface area contributed by atoms with E-state index in [9.17, 15) is 9.59 Å². The smallest absolute Gasteiger partial charge is 0.322 e. The third-order valence-electron chi connectivity index (χ3n) is 1.65. The molecule has 1 aromatic heterocycles. The lowest BCUT2D eigenvalue weighted by molar-refractivity contribution is -0.136. The van der Waals surface area contributed by atoms with E-state index in [-0.39, 0.29) is 19.0 Å². The summed E-state index contributed by atoms with van der Waals surface area (Å²) in [4.78, 5) is 26.2. The van der Waals surface area contributed by atoms with E-state index >= 15 is 0 Å². The van der Waals surface area contributed by atoms with E-state index in [0.717, 1.165) is 4.90 Å². The molecule has 0 bridgehead atoms. The first kappa shape index (κ1) is 11.0. The first-order valence-electron chi connectivity index (χ1n) is 4.21. The summed E-state index contributed by atoms with van der Waals surface area (Å²) < 4.78 is 4.94. The molecule has 0 aliphatic rings. The molecule has 0 aliphatic heterocycles. The quantitative estimate of drug-likeness (QED) is 0.749. The Morgan fingerprint density at radius 3 is 2.73 bits per heavy atom. The van der Waals surface area contributed by atoms with Gasteiger partial charge in [0.1, 0.15) is 6.26 Å². The van der Waals surface area contributed by atoms with Gasteiger partial charge in [-0.05, 0) is 6.92 Å². The number of nitrogens with two attached hydrogens (primary N) is 1. The number of nitrogens with zero attached hydrogens (tertiary/aromatic N) is 2. The minimum absolute atomic E-state index is 0.0150. The molecule has 1 rings (SSSR count). The Bertz CT molecular complexity index is 374. The highest BCUT2D eigenvalue weighted by Crippen LogP contribution is 2.12. The van der Waals surface area contributed by atoms with Crippen molar-refractivity contribution in [2.24, 2.45) is 5.73 Å². The number of aryl methyl sites for hydroxylation is 1. The number of urea groups is 1. The monoisotopic (exact) mass is 213 g/mol. The van der Waals surface area contributed by atoms with Crippen LogP contribution >= 0.6 is 0 Å². The van der Waals surface area contributed by atoms with Gasteiger partial charge in [0.15, 0.2) is 0 Å². The van der Waals surface area contributed by atoms with Crippen LogP contribution in [0.4, 0.5) is 10.8 Å². The van der Waals surface area contributed by atoms with Crippen LogP contribution in [0.5, 0.6) is 0 Å². The zero-order valence-electron chi connectivity index (χ0n) is 8.14. The van der Waals surface area contributed by atoms with Crippen LogP contribution in [0.25, 0.3) is 0 Å². The van der Waals surface area contributed by atoms with E-state index in [2.05, 4.69) is 4.98 Å². The lowest BCUT2D eigenvalue weighted by atomic mass is 10.4. The van der Waals surface area contributed by atoms with Gasteiger partial charge in [-0.25, -0.2) is 9.69 Å². The van der Waals surface area contributed by atoms with Gasteiger partial charge in [0, 0.05) is 6.54 Å². The summed E-state index contributed by atoms with van der Waals surface area (Å²) in [5.74, 6) is -1.02. The van der Waals surface area contributed by atoms with E-state index in [1.54, 1.807) is 6.92 Å². The summed E-state index contributed by atoms with van der Waals surface area (Å²) >= 11 is 0. The highest BCUT2D eigenvalue weighted by molar-refractivity contribution is 5.88. The molecule has 0 saturated heterocycles. The number of carbonyl (C=O) groups is 2. The molecule has 0 spiro atoms. The molecular weight excluding hydrogens is 202 g/mol. The largest absolute Gasteiger partial charge is 0.481 e. The van der Waals surface area contributed by atoms with Gasteiger partial charge in [-0.3, -0.25) is 4.79 Å².